The van der Waals surface area contributed by atoms with E-state index in [2.05, 4.69) is 15.3 Å². The number of nitrogens with two attached hydrogens (primary N) is 1. The van der Waals surface area contributed by atoms with E-state index in [-0.39, 0.29) is 12.4 Å². The number of rotatable bonds is 2. The highest BCUT2D eigenvalue weighted by Crippen LogP contribution is 2.29. The summed E-state index contributed by atoms with van der Waals surface area (Å²) in [7, 11) is 1.81. The molecule has 1 aromatic carbocycles. The first-order chi connectivity index (χ1) is 10.7. The molecule has 0 spiro atoms. The van der Waals surface area contributed by atoms with Crippen molar-refractivity contribution in [3.8, 4) is 17.1 Å². The molecule has 0 aliphatic carbocycles. The van der Waals surface area contributed by atoms with E-state index in [1.54, 1.807) is 9.08 Å². The molecule has 0 saturated carbocycles. The maximum Gasteiger partial charge on any atom is 0.198 e. The Kier molecular flexibility index (Phi) is 2.64. The van der Waals surface area contributed by atoms with Crippen LogP contribution in [0.1, 0.15) is 5.82 Å². The van der Waals surface area contributed by atoms with E-state index in [0.717, 1.165) is 22.0 Å². The molecule has 0 bridgehead atoms. The number of fused-ring (bicyclic) bond motifs is 2. The van der Waals surface area contributed by atoms with Crippen molar-refractivity contribution in [1.29, 1.82) is 0 Å². The first-order valence-electron chi connectivity index (χ1n) is 6.87. The van der Waals surface area contributed by atoms with Gasteiger partial charge in [0.25, 0.3) is 0 Å². The fraction of sp³-hybridized carbons (Fsp3) is 0.133. The molecule has 7 heteroatoms. The highest BCUT2D eigenvalue weighted by Gasteiger charge is 2.10. The van der Waals surface area contributed by atoms with Crippen molar-refractivity contribution in [2.45, 2.75) is 6.54 Å². The van der Waals surface area contributed by atoms with Crippen LogP contribution in [-0.2, 0) is 13.6 Å². The highest BCUT2D eigenvalue weighted by atomic mass is 16.3. The zero-order valence-electron chi connectivity index (χ0n) is 11.9. The molecule has 110 valence electrons. The molecule has 3 aromatic heterocycles. The zero-order valence-corrected chi connectivity index (χ0v) is 11.9. The van der Waals surface area contributed by atoms with Crippen molar-refractivity contribution in [1.82, 2.24) is 24.4 Å². The average Bonchev–Trinajstić information content (AvgIpc) is 3.07. The molecule has 0 aliphatic rings. The smallest absolute Gasteiger partial charge is 0.198 e. The molecule has 0 unspecified atom stereocenters. The van der Waals surface area contributed by atoms with Crippen molar-refractivity contribution in [2.75, 3.05) is 0 Å². The summed E-state index contributed by atoms with van der Waals surface area (Å²) in [6.07, 6.45) is 1.89. The van der Waals surface area contributed by atoms with Crippen molar-refractivity contribution in [3.63, 3.8) is 0 Å². The SMILES string of the molecule is Cn1cc2cc(-c3ccc4nnc(CN)n4n3)ccc2c1O. The summed E-state index contributed by atoms with van der Waals surface area (Å²) < 4.78 is 3.35. The predicted molar refractivity (Wildman–Crippen MR) is 82.3 cm³/mol. The van der Waals surface area contributed by atoms with Gasteiger partial charge in [0.05, 0.1) is 12.2 Å². The van der Waals surface area contributed by atoms with Crippen LogP contribution in [0.15, 0.2) is 36.5 Å². The molecule has 0 aliphatic heterocycles. The van der Waals surface area contributed by atoms with Crippen LogP contribution < -0.4 is 5.73 Å². The van der Waals surface area contributed by atoms with Gasteiger partial charge in [0, 0.05) is 29.6 Å². The molecule has 22 heavy (non-hydrogen) atoms. The quantitative estimate of drug-likeness (QED) is 0.583. The first-order valence-corrected chi connectivity index (χ1v) is 6.87. The zero-order chi connectivity index (χ0) is 15.3. The van der Waals surface area contributed by atoms with Gasteiger partial charge in [-0.3, -0.25) is 0 Å². The Bertz CT molecular complexity index is 1000. The van der Waals surface area contributed by atoms with Gasteiger partial charge in [-0.05, 0) is 24.3 Å². The van der Waals surface area contributed by atoms with Crippen molar-refractivity contribution in [3.05, 3.63) is 42.4 Å². The maximum absolute atomic E-state index is 9.95. The van der Waals surface area contributed by atoms with Crippen LogP contribution in [0, 0.1) is 0 Å². The van der Waals surface area contributed by atoms with Crippen molar-refractivity contribution < 1.29 is 5.11 Å². The molecule has 0 amide bonds. The van der Waals surface area contributed by atoms with Crippen molar-refractivity contribution in [2.24, 2.45) is 12.8 Å². The number of aromatic hydroxyl groups is 1. The summed E-state index contributed by atoms with van der Waals surface area (Å²) in [5.74, 6) is 0.879. The Morgan fingerprint density at radius 3 is 2.86 bits per heavy atom. The fourth-order valence-electron chi connectivity index (χ4n) is 2.61. The van der Waals surface area contributed by atoms with Gasteiger partial charge in [-0.2, -0.15) is 9.61 Å². The monoisotopic (exact) mass is 294 g/mol. The Labute approximate surface area is 125 Å². The summed E-state index contributed by atoms with van der Waals surface area (Å²) in [5, 5.41) is 24.3. The number of nitrogens with zero attached hydrogens (tertiary/aromatic N) is 5. The number of hydrogen-bond donors (Lipinski definition) is 2. The Morgan fingerprint density at radius 2 is 2.05 bits per heavy atom. The van der Waals surface area contributed by atoms with Crippen LogP contribution in [0.2, 0.25) is 0 Å². The molecular formula is C15H14N6O. The van der Waals surface area contributed by atoms with Crippen LogP contribution >= 0.6 is 0 Å². The van der Waals surface area contributed by atoms with Gasteiger partial charge in [-0.15, -0.1) is 10.2 Å². The predicted octanol–water partition coefficient (Wildman–Crippen LogP) is 1.45. The first kappa shape index (κ1) is 12.8. The number of aryl methyl sites for hydroxylation is 1. The Morgan fingerprint density at radius 1 is 1.18 bits per heavy atom. The van der Waals surface area contributed by atoms with E-state index in [9.17, 15) is 5.11 Å². The van der Waals surface area contributed by atoms with Gasteiger partial charge >= 0.3 is 0 Å². The summed E-state index contributed by atoms with van der Waals surface area (Å²) in [6.45, 7) is 0.281. The molecule has 0 radical (unpaired) electrons. The lowest BCUT2D eigenvalue weighted by atomic mass is 10.1. The summed E-state index contributed by atoms with van der Waals surface area (Å²) in [4.78, 5) is 0. The minimum atomic E-state index is 0.259. The van der Waals surface area contributed by atoms with Crippen LogP contribution in [0.5, 0.6) is 5.88 Å². The fourth-order valence-corrected chi connectivity index (χ4v) is 2.61. The Hall–Kier alpha value is -2.93. The molecular weight excluding hydrogens is 280 g/mol. The van der Waals surface area contributed by atoms with E-state index in [1.165, 1.54) is 0 Å². The van der Waals surface area contributed by atoms with Gasteiger partial charge in [-0.25, -0.2) is 0 Å². The van der Waals surface area contributed by atoms with Gasteiger partial charge < -0.3 is 15.4 Å². The molecule has 0 fully saturated rings. The van der Waals surface area contributed by atoms with Crippen LogP contribution in [0.4, 0.5) is 0 Å². The normalized spacial score (nSPS) is 11.5. The van der Waals surface area contributed by atoms with Crippen LogP contribution in [-0.4, -0.2) is 29.5 Å². The largest absolute Gasteiger partial charge is 0.494 e. The van der Waals surface area contributed by atoms with Crippen molar-refractivity contribution >= 4 is 16.4 Å². The molecule has 4 aromatic rings. The second-order valence-corrected chi connectivity index (χ2v) is 5.17. The van der Waals surface area contributed by atoms with E-state index in [1.807, 2.05) is 43.6 Å². The number of benzene rings is 1. The van der Waals surface area contributed by atoms with Gasteiger partial charge in [0.15, 0.2) is 17.4 Å². The Balaban J connectivity index is 1.90. The average molecular weight is 294 g/mol. The summed E-state index contributed by atoms with van der Waals surface area (Å²) >= 11 is 0. The lowest BCUT2D eigenvalue weighted by Gasteiger charge is -2.03. The van der Waals surface area contributed by atoms with Gasteiger partial charge in [0.1, 0.15) is 0 Å². The van der Waals surface area contributed by atoms with E-state index in [0.29, 0.717) is 11.5 Å². The topological polar surface area (TPSA) is 94.3 Å². The van der Waals surface area contributed by atoms with Gasteiger partial charge in [-0.1, -0.05) is 6.07 Å². The second kappa shape index (κ2) is 4.54. The molecule has 3 heterocycles. The number of aromatic nitrogens is 5. The third kappa shape index (κ3) is 1.76. The standard InChI is InChI=1S/C15H14N6O/c1-20-8-10-6-9(2-3-11(10)15(20)22)12-4-5-13-17-18-14(7-16)21(13)19-12/h2-6,8,22H,7,16H2,1H3. The lowest BCUT2D eigenvalue weighted by molar-refractivity contribution is 0.438. The molecule has 0 saturated heterocycles. The summed E-state index contributed by atoms with van der Waals surface area (Å²) in [6, 6.07) is 9.58. The molecule has 7 nitrogen and oxygen atoms in total. The van der Waals surface area contributed by atoms with E-state index < -0.39 is 0 Å². The minimum Gasteiger partial charge on any atom is -0.494 e. The van der Waals surface area contributed by atoms with Crippen LogP contribution in [0.25, 0.3) is 27.7 Å². The van der Waals surface area contributed by atoms with E-state index in [4.69, 9.17) is 5.73 Å². The minimum absolute atomic E-state index is 0.259. The van der Waals surface area contributed by atoms with E-state index >= 15 is 0 Å². The summed E-state index contributed by atoms with van der Waals surface area (Å²) in [5.41, 5.74) is 8.07. The van der Waals surface area contributed by atoms with Crippen LogP contribution in [0.3, 0.4) is 0 Å². The highest BCUT2D eigenvalue weighted by molar-refractivity contribution is 5.91. The van der Waals surface area contributed by atoms with Gasteiger partial charge in [0.2, 0.25) is 0 Å². The maximum atomic E-state index is 9.95. The molecule has 0 atom stereocenters. The molecule has 4 rings (SSSR count). The third-order valence-corrected chi connectivity index (χ3v) is 3.77. The second-order valence-electron chi connectivity index (χ2n) is 5.17. The lowest BCUT2D eigenvalue weighted by Crippen LogP contribution is -2.05. The number of hydrogen-bond acceptors (Lipinski definition) is 5. The third-order valence-electron chi connectivity index (χ3n) is 3.77. The molecule has 3 N–H and O–H groups in total.